The number of nitrogens with one attached hydrogen (secondary N) is 2. The second-order valence-electron chi connectivity index (χ2n) is 7.14. The summed E-state index contributed by atoms with van der Waals surface area (Å²) >= 11 is 0. The molecule has 0 radical (unpaired) electrons. The van der Waals surface area contributed by atoms with Gasteiger partial charge in [0.25, 0.3) is 0 Å². The van der Waals surface area contributed by atoms with Crippen LogP contribution in [0.1, 0.15) is 26.3 Å². The Balaban J connectivity index is 0.00000338. The second-order valence-corrected chi connectivity index (χ2v) is 7.14. The van der Waals surface area contributed by atoms with Gasteiger partial charge in [0.05, 0.1) is 11.9 Å². The van der Waals surface area contributed by atoms with Crippen LogP contribution in [0.2, 0.25) is 0 Å². The highest BCUT2D eigenvalue weighted by Gasteiger charge is 2.10. The first-order chi connectivity index (χ1) is 11.9. The number of aromatic nitrogens is 2. The van der Waals surface area contributed by atoms with E-state index in [1.54, 1.807) is 0 Å². The largest absolute Gasteiger partial charge is 0.355 e. The van der Waals surface area contributed by atoms with Crippen LogP contribution in [0.5, 0.6) is 0 Å². The van der Waals surface area contributed by atoms with E-state index in [1.807, 2.05) is 55.3 Å². The van der Waals surface area contributed by atoms with Crippen molar-refractivity contribution in [2.24, 2.45) is 4.99 Å². The molecule has 6 nitrogen and oxygen atoms in total. The number of hydrogen-bond donors (Lipinski definition) is 2. The molecule has 2 N–H and O–H groups in total. The lowest BCUT2D eigenvalue weighted by Gasteiger charge is -2.24. The Morgan fingerprint density at radius 1 is 1.19 bits per heavy atom. The van der Waals surface area contributed by atoms with Gasteiger partial charge < -0.3 is 15.5 Å². The van der Waals surface area contributed by atoms with Crippen molar-refractivity contribution >= 4 is 29.9 Å². The number of nitrogens with zero attached hydrogens (tertiary/aromatic N) is 4. The summed E-state index contributed by atoms with van der Waals surface area (Å²) in [4.78, 5) is 6.46. The Labute approximate surface area is 174 Å². The fourth-order valence-corrected chi connectivity index (χ4v) is 2.51. The number of benzene rings is 1. The number of hydrogen-bond acceptors (Lipinski definition) is 3. The van der Waals surface area contributed by atoms with Crippen molar-refractivity contribution in [2.45, 2.75) is 32.9 Å². The maximum Gasteiger partial charge on any atom is 0.193 e. The SMILES string of the molecule is CN=C(NCCNC(C)(C)C)N(C)Cc1cnn(-c2ccccc2)c1.I. The van der Waals surface area contributed by atoms with Gasteiger partial charge in [-0.1, -0.05) is 18.2 Å². The van der Waals surface area contributed by atoms with Gasteiger partial charge in [0.1, 0.15) is 0 Å². The fraction of sp³-hybridized carbons (Fsp3) is 0.474. The molecule has 26 heavy (non-hydrogen) atoms. The molecule has 1 aromatic carbocycles. The monoisotopic (exact) mass is 470 g/mol. The summed E-state index contributed by atoms with van der Waals surface area (Å²) in [6.07, 6.45) is 3.96. The van der Waals surface area contributed by atoms with E-state index in [0.29, 0.717) is 0 Å². The molecular formula is C19H31IN6. The molecule has 0 bridgehead atoms. The average Bonchev–Trinajstić information content (AvgIpc) is 3.03. The van der Waals surface area contributed by atoms with Gasteiger partial charge >= 0.3 is 0 Å². The molecule has 2 rings (SSSR count). The standard InChI is InChI=1S/C19H30N6.HI/c1-19(2,3)22-12-11-21-18(20-4)24(5)14-16-13-23-25(15-16)17-9-7-6-8-10-17;/h6-10,13,15,22H,11-12,14H2,1-5H3,(H,20,21);1H. The molecule has 0 aliphatic carbocycles. The number of para-hydroxylation sites is 1. The Bertz CT molecular complexity index is 675. The summed E-state index contributed by atoms with van der Waals surface area (Å²) in [7, 11) is 3.84. The van der Waals surface area contributed by atoms with Crippen LogP contribution in [0, 0.1) is 0 Å². The predicted octanol–water partition coefficient (Wildman–Crippen LogP) is 2.89. The lowest BCUT2D eigenvalue weighted by molar-refractivity contribution is 0.422. The highest BCUT2D eigenvalue weighted by molar-refractivity contribution is 14.0. The zero-order valence-corrected chi connectivity index (χ0v) is 18.7. The van der Waals surface area contributed by atoms with Crippen LogP contribution < -0.4 is 10.6 Å². The van der Waals surface area contributed by atoms with Gasteiger partial charge in [0.15, 0.2) is 5.96 Å². The Kier molecular flexibility index (Phi) is 9.07. The van der Waals surface area contributed by atoms with E-state index in [2.05, 4.69) is 52.6 Å². The molecule has 0 unspecified atom stereocenters. The third-order valence-electron chi connectivity index (χ3n) is 3.71. The van der Waals surface area contributed by atoms with Gasteiger partial charge in [0, 0.05) is 51.0 Å². The summed E-state index contributed by atoms with van der Waals surface area (Å²) < 4.78 is 1.90. The lowest BCUT2D eigenvalue weighted by atomic mass is 10.1. The van der Waals surface area contributed by atoms with E-state index in [0.717, 1.165) is 36.8 Å². The minimum absolute atomic E-state index is 0. The molecule has 7 heteroatoms. The summed E-state index contributed by atoms with van der Waals surface area (Å²) in [6, 6.07) is 10.1. The lowest BCUT2D eigenvalue weighted by Crippen LogP contribution is -2.44. The normalized spacial score (nSPS) is 11.8. The van der Waals surface area contributed by atoms with Gasteiger partial charge in [-0.15, -0.1) is 24.0 Å². The van der Waals surface area contributed by atoms with E-state index in [9.17, 15) is 0 Å². The van der Waals surface area contributed by atoms with Crippen molar-refractivity contribution < 1.29 is 0 Å². The Hall–Kier alpha value is -1.61. The van der Waals surface area contributed by atoms with Gasteiger partial charge in [-0.25, -0.2) is 4.68 Å². The molecule has 0 amide bonds. The molecule has 144 valence electrons. The maximum absolute atomic E-state index is 4.45. The zero-order valence-electron chi connectivity index (χ0n) is 16.4. The fourth-order valence-electron chi connectivity index (χ4n) is 2.51. The van der Waals surface area contributed by atoms with Crippen molar-refractivity contribution in [2.75, 3.05) is 27.2 Å². The minimum atomic E-state index is 0. The summed E-state index contributed by atoms with van der Waals surface area (Å²) in [5.74, 6) is 0.878. The quantitative estimate of drug-likeness (QED) is 0.295. The Morgan fingerprint density at radius 2 is 1.88 bits per heavy atom. The maximum atomic E-state index is 4.45. The van der Waals surface area contributed by atoms with E-state index < -0.39 is 0 Å². The van der Waals surface area contributed by atoms with E-state index >= 15 is 0 Å². The molecule has 0 aliphatic rings. The highest BCUT2D eigenvalue weighted by atomic mass is 127. The summed E-state index contributed by atoms with van der Waals surface area (Å²) in [5.41, 5.74) is 2.33. The van der Waals surface area contributed by atoms with Crippen LogP contribution >= 0.6 is 24.0 Å². The van der Waals surface area contributed by atoms with Crippen LogP contribution in [-0.4, -0.2) is 53.4 Å². The first kappa shape index (κ1) is 22.4. The van der Waals surface area contributed by atoms with Gasteiger partial charge in [-0.05, 0) is 32.9 Å². The van der Waals surface area contributed by atoms with Crippen molar-refractivity contribution in [3.63, 3.8) is 0 Å². The molecule has 1 heterocycles. The molecule has 1 aromatic heterocycles. The predicted molar refractivity (Wildman–Crippen MR) is 120 cm³/mol. The van der Waals surface area contributed by atoms with Crippen molar-refractivity contribution in [3.8, 4) is 5.69 Å². The summed E-state index contributed by atoms with van der Waals surface area (Å²) in [6.45, 7) is 8.97. The van der Waals surface area contributed by atoms with Crippen LogP contribution in [0.15, 0.2) is 47.7 Å². The highest BCUT2D eigenvalue weighted by Crippen LogP contribution is 2.09. The number of halogens is 1. The summed E-state index contributed by atoms with van der Waals surface area (Å²) in [5, 5.41) is 11.3. The van der Waals surface area contributed by atoms with Crippen molar-refractivity contribution in [1.82, 2.24) is 25.3 Å². The van der Waals surface area contributed by atoms with Crippen LogP contribution in [-0.2, 0) is 6.54 Å². The number of aliphatic imine (C=N–C) groups is 1. The van der Waals surface area contributed by atoms with Gasteiger partial charge in [-0.3, -0.25) is 4.99 Å². The third kappa shape index (κ3) is 7.33. The topological polar surface area (TPSA) is 57.5 Å². The zero-order chi connectivity index (χ0) is 18.3. The molecule has 0 saturated carbocycles. The first-order valence-corrected chi connectivity index (χ1v) is 8.65. The number of guanidine groups is 1. The van der Waals surface area contributed by atoms with E-state index in [1.165, 1.54) is 0 Å². The van der Waals surface area contributed by atoms with Crippen molar-refractivity contribution in [1.29, 1.82) is 0 Å². The molecule has 0 saturated heterocycles. The molecular weight excluding hydrogens is 439 g/mol. The first-order valence-electron chi connectivity index (χ1n) is 8.65. The Morgan fingerprint density at radius 3 is 2.50 bits per heavy atom. The molecule has 2 aromatic rings. The van der Waals surface area contributed by atoms with Gasteiger partial charge in [0.2, 0.25) is 0 Å². The average molecular weight is 470 g/mol. The molecule has 0 fully saturated rings. The van der Waals surface area contributed by atoms with Crippen LogP contribution in [0.25, 0.3) is 5.69 Å². The molecule has 0 spiro atoms. The molecule has 0 aliphatic heterocycles. The third-order valence-corrected chi connectivity index (χ3v) is 3.71. The van der Waals surface area contributed by atoms with Gasteiger partial charge in [-0.2, -0.15) is 5.10 Å². The smallest absolute Gasteiger partial charge is 0.193 e. The van der Waals surface area contributed by atoms with E-state index in [4.69, 9.17) is 0 Å². The van der Waals surface area contributed by atoms with Crippen LogP contribution in [0.3, 0.4) is 0 Å². The second kappa shape index (κ2) is 10.5. The molecule has 0 atom stereocenters. The number of rotatable bonds is 6. The van der Waals surface area contributed by atoms with Crippen LogP contribution in [0.4, 0.5) is 0 Å². The minimum Gasteiger partial charge on any atom is -0.355 e. The van der Waals surface area contributed by atoms with Crippen molar-refractivity contribution in [3.05, 3.63) is 48.3 Å². The van der Waals surface area contributed by atoms with E-state index in [-0.39, 0.29) is 29.5 Å².